The number of carbonyl (C=O) groups excluding carboxylic acids is 1. The molecule has 0 amide bonds. The average molecular weight is 265 g/mol. The second kappa shape index (κ2) is 6.29. The van der Waals surface area contributed by atoms with Gasteiger partial charge in [-0.1, -0.05) is 20.8 Å². The van der Waals surface area contributed by atoms with Gasteiger partial charge < -0.3 is 4.90 Å². The Bertz CT molecular complexity index is 419. The molecule has 0 fully saturated rings. The summed E-state index contributed by atoms with van der Waals surface area (Å²) < 4.78 is 12.8. The van der Waals surface area contributed by atoms with Crippen LogP contribution in [0.15, 0.2) is 24.3 Å². The van der Waals surface area contributed by atoms with Gasteiger partial charge in [0.15, 0.2) is 5.78 Å². The van der Waals surface area contributed by atoms with Crippen LogP contribution in [-0.4, -0.2) is 30.3 Å². The lowest BCUT2D eigenvalue weighted by Gasteiger charge is -2.35. The van der Waals surface area contributed by atoms with Crippen LogP contribution < -0.4 is 0 Å². The molecule has 1 aromatic rings. The van der Waals surface area contributed by atoms with Gasteiger partial charge in [0.05, 0.1) is 0 Å². The van der Waals surface area contributed by atoms with Crippen LogP contribution in [0.25, 0.3) is 0 Å². The number of carbonyl (C=O) groups is 1. The highest BCUT2D eigenvalue weighted by Gasteiger charge is 2.23. The Morgan fingerprint density at radius 2 is 1.79 bits per heavy atom. The van der Waals surface area contributed by atoms with E-state index < -0.39 is 0 Å². The van der Waals surface area contributed by atoms with E-state index in [0.29, 0.717) is 24.6 Å². The van der Waals surface area contributed by atoms with Crippen LogP contribution in [0.4, 0.5) is 4.39 Å². The van der Waals surface area contributed by atoms with Gasteiger partial charge in [-0.2, -0.15) is 0 Å². The van der Waals surface area contributed by atoms with Gasteiger partial charge in [-0.25, -0.2) is 4.39 Å². The maximum absolute atomic E-state index is 12.8. The maximum Gasteiger partial charge on any atom is 0.164 e. The van der Waals surface area contributed by atoms with E-state index in [9.17, 15) is 9.18 Å². The number of benzene rings is 1. The predicted molar refractivity (Wildman–Crippen MR) is 76.9 cm³/mol. The van der Waals surface area contributed by atoms with Crippen LogP contribution >= 0.6 is 0 Å². The van der Waals surface area contributed by atoms with Crippen molar-refractivity contribution in [1.82, 2.24) is 4.90 Å². The Hall–Kier alpha value is -1.22. The van der Waals surface area contributed by atoms with Crippen molar-refractivity contribution >= 4 is 5.78 Å². The summed E-state index contributed by atoms with van der Waals surface area (Å²) in [6.07, 6.45) is 0.461. The highest BCUT2D eigenvalue weighted by atomic mass is 19.1. The van der Waals surface area contributed by atoms with E-state index in [1.807, 2.05) is 7.05 Å². The third kappa shape index (κ3) is 4.75. The Morgan fingerprint density at radius 1 is 1.26 bits per heavy atom. The molecule has 3 heteroatoms. The lowest BCUT2D eigenvalue weighted by molar-refractivity contribution is 0.0928. The van der Waals surface area contributed by atoms with Gasteiger partial charge in [-0.15, -0.1) is 0 Å². The fourth-order valence-corrected chi connectivity index (χ4v) is 1.91. The second-order valence-electron chi connectivity index (χ2n) is 6.20. The van der Waals surface area contributed by atoms with E-state index in [0.717, 1.165) is 0 Å². The van der Waals surface area contributed by atoms with E-state index in [-0.39, 0.29) is 17.0 Å². The SMILES string of the molecule is CC(N(C)CCC(=O)c1ccc(F)cc1)C(C)(C)C. The molecule has 0 aliphatic carbocycles. The minimum Gasteiger partial charge on any atom is -0.303 e. The van der Waals surface area contributed by atoms with Gasteiger partial charge in [0, 0.05) is 24.6 Å². The van der Waals surface area contributed by atoms with Crippen LogP contribution in [0, 0.1) is 11.2 Å². The maximum atomic E-state index is 12.8. The van der Waals surface area contributed by atoms with Crippen LogP contribution in [0.1, 0.15) is 44.5 Å². The van der Waals surface area contributed by atoms with Crippen molar-refractivity contribution < 1.29 is 9.18 Å². The summed E-state index contributed by atoms with van der Waals surface area (Å²) >= 11 is 0. The molecule has 0 aromatic heterocycles. The van der Waals surface area contributed by atoms with Crippen molar-refractivity contribution in [2.24, 2.45) is 5.41 Å². The first-order valence-electron chi connectivity index (χ1n) is 6.71. The minimum absolute atomic E-state index is 0.0629. The summed E-state index contributed by atoms with van der Waals surface area (Å²) in [5.41, 5.74) is 0.770. The molecule has 0 saturated carbocycles. The average Bonchev–Trinajstić information content (AvgIpc) is 2.34. The van der Waals surface area contributed by atoms with Crippen molar-refractivity contribution in [3.8, 4) is 0 Å². The van der Waals surface area contributed by atoms with Gasteiger partial charge in [0.1, 0.15) is 5.82 Å². The number of nitrogens with zero attached hydrogens (tertiary/aromatic N) is 1. The van der Waals surface area contributed by atoms with E-state index in [1.54, 1.807) is 12.1 Å². The summed E-state index contributed by atoms with van der Waals surface area (Å²) in [6.45, 7) is 9.46. The summed E-state index contributed by atoms with van der Waals surface area (Å²) in [5.74, 6) is -0.247. The monoisotopic (exact) mass is 265 g/mol. The molecule has 1 atom stereocenters. The standard InChI is InChI=1S/C16H24FNO/c1-12(16(2,3)4)18(5)11-10-15(19)13-6-8-14(17)9-7-13/h6-9,12H,10-11H2,1-5H3. The molecule has 0 radical (unpaired) electrons. The summed E-state index contributed by atoms with van der Waals surface area (Å²) in [6, 6.07) is 6.15. The van der Waals surface area contributed by atoms with Gasteiger partial charge in [-0.05, 0) is 43.7 Å². The van der Waals surface area contributed by atoms with E-state index in [1.165, 1.54) is 12.1 Å². The van der Waals surface area contributed by atoms with E-state index in [2.05, 4.69) is 32.6 Å². The molecule has 106 valence electrons. The van der Waals surface area contributed by atoms with E-state index in [4.69, 9.17) is 0 Å². The number of rotatable bonds is 5. The Labute approximate surface area is 115 Å². The second-order valence-corrected chi connectivity index (χ2v) is 6.20. The number of halogens is 1. The molecule has 1 aromatic carbocycles. The summed E-state index contributed by atoms with van der Waals surface area (Å²) in [7, 11) is 2.04. The highest BCUT2D eigenvalue weighted by Crippen LogP contribution is 2.23. The molecule has 1 rings (SSSR count). The van der Waals surface area contributed by atoms with Crippen molar-refractivity contribution in [3.63, 3.8) is 0 Å². The quantitative estimate of drug-likeness (QED) is 0.755. The van der Waals surface area contributed by atoms with Crippen molar-refractivity contribution in [1.29, 1.82) is 0 Å². The minimum atomic E-state index is -0.310. The van der Waals surface area contributed by atoms with Crippen LogP contribution in [0.2, 0.25) is 0 Å². The zero-order chi connectivity index (χ0) is 14.6. The van der Waals surface area contributed by atoms with Gasteiger partial charge in [0.2, 0.25) is 0 Å². The largest absolute Gasteiger partial charge is 0.303 e. The lowest BCUT2D eigenvalue weighted by atomic mass is 9.87. The van der Waals surface area contributed by atoms with Gasteiger partial charge >= 0.3 is 0 Å². The number of hydrogen-bond donors (Lipinski definition) is 0. The molecule has 2 nitrogen and oxygen atoms in total. The molecule has 0 aliphatic rings. The number of Topliss-reactive ketones (excluding diaryl/α,β-unsaturated/α-hetero) is 1. The molecule has 19 heavy (non-hydrogen) atoms. The summed E-state index contributed by atoms with van der Waals surface area (Å²) in [5, 5.41) is 0. The fraction of sp³-hybridized carbons (Fsp3) is 0.562. The normalized spacial score (nSPS) is 13.6. The fourth-order valence-electron chi connectivity index (χ4n) is 1.91. The molecular formula is C16H24FNO. The zero-order valence-corrected chi connectivity index (χ0v) is 12.5. The molecule has 0 N–H and O–H groups in total. The van der Waals surface area contributed by atoms with Crippen molar-refractivity contribution in [2.45, 2.75) is 40.2 Å². The van der Waals surface area contributed by atoms with Crippen LogP contribution in [0.3, 0.4) is 0 Å². The number of hydrogen-bond acceptors (Lipinski definition) is 2. The Kier molecular flexibility index (Phi) is 5.24. The molecule has 0 saturated heterocycles. The summed E-state index contributed by atoms with van der Waals surface area (Å²) in [4.78, 5) is 14.2. The third-order valence-electron chi connectivity index (χ3n) is 3.77. The van der Waals surface area contributed by atoms with Crippen LogP contribution in [-0.2, 0) is 0 Å². The predicted octanol–water partition coefficient (Wildman–Crippen LogP) is 3.76. The van der Waals surface area contributed by atoms with Crippen molar-refractivity contribution in [2.75, 3.05) is 13.6 Å². The first-order valence-corrected chi connectivity index (χ1v) is 6.71. The van der Waals surface area contributed by atoms with Gasteiger partial charge in [0.25, 0.3) is 0 Å². The lowest BCUT2D eigenvalue weighted by Crippen LogP contribution is -2.40. The van der Waals surface area contributed by atoms with Crippen molar-refractivity contribution in [3.05, 3.63) is 35.6 Å². The molecular weight excluding hydrogens is 241 g/mol. The molecule has 0 bridgehead atoms. The molecule has 0 spiro atoms. The molecule has 0 aliphatic heterocycles. The molecule has 1 unspecified atom stereocenters. The zero-order valence-electron chi connectivity index (χ0n) is 12.5. The van der Waals surface area contributed by atoms with Gasteiger partial charge in [-0.3, -0.25) is 4.79 Å². The third-order valence-corrected chi connectivity index (χ3v) is 3.77. The van der Waals surface area contributed by atoms with E-state index >= 15 is 0 Å². The first kappa shape index (κ1) is 15.8. The Morgan fingerprint density at radius 3 is 2.26 bits per heavy atom. The number of ketones is 1. The highest BCUT2D eigenvalue weighted by molar-refractivity contribution is 5.96. The molecule has 0 heterocycles. The smallest absolute Gasteiger partial charge is 0.164 e. The Balaban J connectivity index is 2.53. The first-order chi connectivity index (χ1) is 8.71. The topological polar surface area (TPSA) is 20.3 Å². The van der Waals surface area contributed by atoms with Crippen LogP contribution in [0.5, 0.6) is 0 Å².